The highest BCUT2D eigenvalue weighted by Crippen LogP contribution is 2.10. The standard InChI is InChI=1S/C23H48N2O3.2C6H6O3S.H2O/c1-19(2)24(20(3)4)15-11-9-13-17-27-23(26)28-18-14-10-12-16-25(21(5)6)22(7)8;2*7-10(8,9)6-4-2-1-3-5-6;/h19-22H,9-18H2,1-8H3;2*1-5H,(H,7,8,9);1H2. The van der Waals surface area contributed by atoms with E-state index in [1.165, 1.54) is 24.3 Å². The lowest BCUT2D eigenvalue weighted by atomic mass is 10.2. The topological polar surface area (TPSA) is 182 Å². The molecule has 0 unspecified atom stereocenters. The SMILES string of the molecule is CC(C)N(CCCCCOC(=O)OCCCCCN(C(C)C)C(C)C)C(C)C.O.O=S(=O)(O)c1ccccc1.O=S(=O)(O)c1ccccc1. The summed E-state index contributed by atoms with van der Waals surface area (Å²) in [6.45, 7) is 21.0. The molecule has 0 aliphatic rings. The minimum absolute atomic E-state index is 0. The Morgan fingerprint density at radius 3 is 1.06 bits per heavy atom. The van der Waals surface area contributed by atoms with E-state index in [1.54, 1.807) is 36.4 Å². The molecule has 2 aromatic rings. The van der Waals surface area contributed by atoms with Gasteiger partial charge in [-0.25, -0.2) is 4.79 Å². The average molecular weight is 735 g/mol. The zero-order valence-corrected chi connectivity index (χ0v) is 32.3. The van der Waals surface area contributed by atoms with E-state index in [-0.39, 0.29) is 15.3 Å². The van der Waals surface area contributed by atoms with Gasteiger partial charge in [-0.1, -0.05) is 36.4 Å². The van der Waals surface area contributed by atoms with Crippen LogP contribution in [0.3, 0.4) is 0 Å². The molecule has 0 aliphatic heterocycles. The molecule has 0 atom stereocenters. The Hall–Kier alpha value is -2.59. The van der Waals surface area contributed by atoms with E-state index in [0.29, 0.717) is 37.4 Å². The van der Waals surface area contributed by atoms with E-state index in [1.807, 2.05) is 0 Å². The summed E-state index contributed by atoms with van der Waals surface area (Å²) in [6, 6.07) is 17.1. The first-order valence-electron chi connectivity index (χ1n) is 16.7. The number of nitrogens with zero attached hydrogens (tertiary/aromatic N) is 2. The summed E-state index contributed by atoms with van der Waals surface area (Å²) < 4.78 is 68.8. The van der Waals surface area contributed by atoms with Crippen molar-refractivity contribution in [1.82, 2.24) is 9.80 Å². The second-order valence-corrected chi connectivity index (χ2v) is 15.3. The molecule has 0 bridgehead atoms. The van der Waals surface area contributed by atoms with Crippen molar-refractivity contribution in [3.05, 3.63) is 60.7 Å². The van der Waals surface area contributed by atoms with Crippen molar-refractivity contribution in [1.29, 1.82) is 0 Å². The van der Waals surface area contributed by atoms with Crippen LogP contribution in [0, 0.1) is 0 Å². The quantitative estimate of drug-likeness (QED) is 0.0938. The van der Waals surface area contributed by atoms with Crippen LogP contribution in [-0.2, 0) is 29.7 Å². The fourth-order valence-corrected chi connectivity index (χ4v) is 5.91. The number of carbonyl (C=O) groups is 1. The molecule has 0 saturated heterocycles. The molecule has 14 heteroatoms. The van der Waals surface area contributed by atoms with Crippen LogP contribution in [0.5, 0.6) is 0 Å². The summed E-state index contributed by atoms with van der Waals surface area (Å²) in [5.41, 5.74) is 0. The maximum atomic E-state index is 11.6. The van der Waals surface area contributed by atoms with Crippen LogP contribution in [0.4, 0.5) is 4.79 Å². The van der Waals surface area contributed by atoms with Gasteiger partial charge in [-0.05, 0) is 131 Å². The van der Waals surface area contributed by atoms with Crippen molar-refractivity contribution in [2.24, 2.45) is 0 Å². The highest BCUT2D eigenvalue weighted by molar-refractivity contribution is 7.86. The lowest BCUT2D eigenvalue weighted by Crippen LogP contribution is -2.37. The van der Waals surface area contributed by atoms with E-state index >= 15 is 0 Å². The molecule has 0 saturated carbocycles. The third-order valence-electron chi connectivity index (χ3n) is 7.30. The van der Waals surface area contributed by atoms with Gasteiger partial charge in [-0.3, -0.25) is 18.9 Å². The first kappa shape index (κ1) is 48.5. The van der Waals surface area contributed by atoms with Gasteiger partial charge in [0.2, 0.25) is 0 Å². The van der Waals surface area contributed by atoms with Gasteiger partial charge in [-0.2, -0.15) is 16.8 Å². The van der Waals surface area contributed by atoms with Crippen LogP contribution in [0.1, 0.15) is 93.9 Å². The summed E-state index contributed by atoms with van der Waals surface area (Å²) in [7, 11) is -8.01. The summed E-state index contributed by atoms with van der Waals surface area (Å²) in [4.78, 5) is 16.5. The molecule has 0 aromatic heterocycles. The highest BCUT2D eigenvalue weighted by atomic mass is 32.2. The Labute approximate surface area is 296 Å². The number of carbonyl (C=O) groups excluding carboxylic acids is 1. The predicted molar refractivity (Wildman–Crippen MR) is 195 cm³/mol. The number of unbranched alkanes of at least 4 members (excludes halogenated alkanes) is 4. The Bertz CT molecular complexity index is 1210. The maximum absolute atomic E-state index is 11.6. The average Bonchev–Trinajstić information content (AvgIpc) is 3.00. The van der Waals surface area contributed by atoms with E-state index in [2.05, 4.69) is 65.2 Å². The second kappa shape index (κ2) is 26.3. The predicted octanol–water partition coefficient (Wildman–Crippen LogP) is 6.76. The first-order chi connectivity index (χ1) is 22.4. The van der Waals surface area contributed by atoms with Gasteiger partial charge in [0.05, 0.1) is 23.0 Å². The fraction of sp³-hybridized carbons (Fsp3) is 0.629. The van der Waals surface area contributed by atoms with Crippen molar-refractivity contribution in [3.8, 4) is 0 Å². The summed E-state index contributed by atoms with van der Waals surface area (Å²) in [5, 5.41) is 0. The van der Waals surface area contributed by atoms with Crippen LogP contribution in [0.15, 0.2) is 70.5 Å². The molecule has 0 radical (unpaired) electrons. The zero-order chi connectivity index (χ0) is 36.8. The molecule has 12 nitrogen and oxygen atoms in total. The number of benzene rings is 2. The number of rotatable bonds is 18. The van der Waals surface area contributed by atoms with E-state index in [4.69, 9.17) is 18.6 Å². The van der Waals surface area contributed by atoms with Crippen LogP contribution in [-0.4, -0.2) is 97.8 Å². The highest BCUT2D eigenvalue weighted by Gasteiger charge is 2.13. The molecule has 0 heterocycles. The summed E-state index contributed by atoms with van der Waals surface area (Å²) in [5.74, 6) is 0. The second-order valence-electron chi connectivity index (χ2n) is 12.5. The molecule has 0 fully saturated rings. The van der Waals surface area contributed by atoms with Crippen molar-refractivity contribution in [3.63, 3.8) is 0 Å². The van der Waals surface area contributed by atoms with E-state index in [0.717, 1.165) is 51.6 Å². The van der Waals surface area contributed by atoms with E-state index < -0.39 is 26.4 Å². The maximum Gasteiger partial charge on any atom is 0.508 e. The van der Waals surface area contributed by atoms with Crippen molar-refractivity contribution < 1.29 is 45.7 Å². The molecule has 284 valence electrons. The minimum atomic E-state index is -4.00. The van der Waals surface area contributed by atoms with Gasteiger partial charge in [0, 0.05) is 24.2 Å². The third kappa shape index (κ3) is 24.2. The number of ether oxygens (including phenoxy) is 2. The molecule has 0 aliphatic carbocycles. The van der Waals surface area contributed by atoms with Crippen molar-refractivity contribution >= 4 is 26.4 Å². The Balaban J connectivity index is 0. The van der Waals surface area contributed by atoms with Crippen LogP contribution >= 0.6 is 0 Å². The summed E-state index contributed by atoms with van der Waals surface area (Å²) >= 11 is 0. The van der Waals surface area contributed by atoms with Crippen molar-refractivity contribution in [2.45, 2.75) is 128 Å². The van der Waals surface area contributed by atoms with Crippen LogP contribution in [0.25, 0.3) is 0 Å². The van der Waals surface area contributed by atoms with Gasteiger partial charge in [0.1, 0.15) is 0 Å². The van der Waals surface area contributed by atoms with Gasteiger partial charge < -0.3 is 14.9 Å². The van der Waals surface area contributed by atoms with Gasteiger partial charge in [0.25, 0.3) is 20.2 Å². The van der Waals surface area contributed by atoms with Gasteiger partial charge >= 0.3 is 6.16 Å². The molecule has 4 N–H and O–H groups in total. The molecular formula is C35H62N2O10S2. The molecule has 2 aromatic carbocycles. The molecule has 2 rings (SSSR count). The largest absolute Gasteiger partial charge is 0.508 e. The number of hydrogen-bond acceptors (Lipinski definition) is 9. The normalized spacial score (nSPS) is 11.6. The van der Waals surface area contributed by atoms with Gasteiger partial charge in [-0.15, -0.1) is 0 Å². The Morgan fingerprint density at radius 2 is 0.837 bits per heavy atom. The monoisotopic (exact) mass is 734 g/mol. The number of hydrogen-bond donors (Lipinski definition) is 2. The first-order valence-corrected chi connectivity index (χ1v) is 19.6. The lowest BCUT2D eigenvalue weighted by molar-refractivity contribution is 0.0524. The molecular weight excluding hydrogens is 673 g/mol. The Kier molecular flexibility index (Phi) is 26.0. The van der Waals surface area contributed by atoms with E-state index in [9.17, 15) is 21.6 Å². The smallest absolute Gasteiger partial charge is 0.434 e. The van der Waals surface area contributed by atoms with Crippen LogP contribution in [0.2, 0.25) is 0 Å². The zero-order valence-electron chi connectivity index (χ0n) is 30.6. The third-order valence-corrected chi connectivity index (χ3v) is 9.03. The van der Waals surface area contributed by atoms with Gasteiger partial charge in [0.15, 0.2) is 0 Å². The minimum Gasteiger partial charge on any atom is -0.434 e. The molecule has 0 amide bonds. The van der Waals surface area contributed by atoms with Crippen LogP contribution < -0.4 is 0 Å². The molecule has 49 heavy (non-hydrogen) atoms. The van der Waals surface area contributed by atoms with Crippen molar-refractivity contribution in [2.75, 3.05) is 26.3 Å². The Morgan fingerprint density at radius 1 is 0.551 bits per heavy atom. The lowest BCUT2D eigenvalue weighted by Gasteiger charge is -2.30. The summed E-state index contributed by atoms with van der Waals surface area (Å²) in [6.07, 6.45) is 5.71. The molecule has 0 spiro atoms. The fourth-order valence-electron chi connectivity index (χ4n) is 4.91.